The van der Waals surface area contributed by atoms with Crippen molar-refractivity contribution in [3.63, 3.8) is 0 Å². The Balaban J connectivity index is 2.83. The van der Waals surface area contributed by atoms with Crippen molar-refractivity contribution in [2.24, 2.45) is 0 Å². The number of hydrogen-bond acceptors (Lipinski definition) is 5. The molecule has 2 N–H and O–H groups in total. The number of para-hydroxylation sites is 2. The summed E-state index contributed by atoms with van der Waals surface area (Å²) in [6.07, 6.45) is 0. The summed E-state index contributed by atoms with van der Waals surface area (Å²) in [5, 5.41) is 19.5. The van der Waals surface area contributed by atoms with Gasteiger partial charge in [-0.3, -0.25) is 0 Å². The molecular formula is C11H11N2O5+. The van der Waals surface area contributed by atoms with Crippen molar-refractivity contribution in [3.8, 4) is 5.88 Å². The van der Waals surface area contributed by atoms with E-state index in [1.807, 2.05) is 0 Å². The summed E-state index contributed by atoms with van der Waals surface area (Å²) < 4.78 is 5.26. The molecule has 0 saturated heterocycles. The molecule has 0 atom stereocenters. The van der Waals surface area contributed by atoms with Crippen molar-refractivity contribution in [3.05, 3.63) is 34.9 Å². The summed E-state index contributed by atoms with van der Waals surface area (Å²) in [7, 11) is 0. The molecule has 0 unspecified atom stereocenters. The average Bonchev–Trinajstić information content (AvgIpc) is 2.37. The van der Waals surface area contributed by atoms with Crippen molar-refractivity contribution >= 4 is 17.0 Å². The lowest BCUT2D eigenvalue weighted by molar-refractivity contribution is -0.478. The summed E-state index contributed by atoms with van der Waals surface area (Å²) in [6, 6.07) is 6.00. The lowest BCUT2D eigenvalue weighted by atomic mass is 10.3. The highest BCUT2D eigenvalue weighted by Gasteiger charge is 2.30. The van der Waals surface area contributed by atoms with E-state index in [1.165, 1.54) is 12.1 Å². The van der Waals surface area contributed by atoms with E-state index in [4.69, 9.17) is 0 Å². The molecule has 0 aliphatic carbocycles. The molecular weight excluding hydrogens is 240 g/mol. The monoisotopic (exact) mass is 251 g/mol. The molecule has 2 aromatic rings. The standard InChI is InChI=1S/C11H10N2O5/c1-2-18-11(15)9-10(14)13(17)8-6-4-3-5-7(8)12(9)16/h3-6,16H,2H2,1H3/p+1. The fraction of sp³-hybridized carbons (Fsp3) is 0.182. The summed E-state index contributed by atoms with van der Waals surface area (Å²) >= 11 is 0. The molecule has 94 valence electrons. The Bertz CT molecular complexity index is 677. The van der Waals surface area contributed by atoms with E-state index in [9.17, 15) is 20.0 Å². The predicted molar refractivity (Wildman–Crippen MR) is 60.1 cm³/mol. The molecule has 1 aromatic carbocycles. The van der Waals surface area contributed by atoms with Crippen LogP contribution in [0, 0.1) is 4.91 Å². The highest BCUT2D eigenvalue weighted by molar-refractivity contribution is 5.91. The Morgan fingerprint density at radius 3 is 2.78 bits per heavy atom. The SMILES string of the molecule is CCOC(=O)c1c(O)[n+](=O)c2ccccc2n1O. The first kappa shape index (κ1) is 11.9. The van der Waals surface area contributed by atoms with E-state index < -0.39 is 17.5 Å². The number of carbonyl (C=O) groups is 1. The van der Waals surface area contributed by atoms with E-state index in [2.05, 4.69) is 4.74 Å². The Kier molecular flexibility index (Phi) is 2.88. The number of aromatic hydroxyl groups is 1. The van der Waals surface area contributed by atoms with Gasteiger partial charge in [0.25, 0.3) is 11.2 Å². The molecule has 0 radical (unpaired) electrons. The van der Waals surface area contributed by atoms with Gasteiger partial charge < -0.3 is 15.1 Å². The zero-order valence-electron chi connectivity index (χ0n) is 9.53. The van der Waals surface area contributed by atoms with Crippen LogP contribution in [0.25, 0.3) is 11.0 Å². The van der Waals surface area contributed by atoms with Gasteiger partial charge in [0.2, 0.25) is 0 Å². The second kappa shape index (κ2) is 4.36. The van der Waals surface area contributed by atoms with Gasteiger partial charge in [0.05, 0.1) is 6.61 Å². The molecule has 0 spiro atoms. The number of rotatable bonds is 2. The third-order valence-electron chi connectivity index (χ3n) is 2.41. The molecule has 0 fully saturated rings. The zero-order valence-corrected chi connectivity index (χ0v) is 9.53. The zero-order chi connectivity index (χ0) is 13.3. The van der Waals surface area contributed by atoms with Crippen LogP contribution in [0.5, 0.6) is 5.88 Å². The average molecular weight is 251 g/mol. The summed E-state index contributed by atoms with van der Waals surface area (Å²) in [5.74, 6) is -1.89. The number of hydrogen-bond donors (Lipinski definition) is 2. The highest BCUT2D eigenvalue weighted by Crippen LogP contribution is 2.18. The third-order valence-corrected chi connectivity index (χ3v) is 2.41. The summed E-state index contributed by atoms with van der Waals surface area (Å²) in [4.78, 5) is 23.3. The second-order valence-electron chi connectivity index (χ2n) is 3.49. The molecule has 0 aliphatic heterocycles. The van der Waals surface area contributed by atoms with Gasteiger partial charge in [-0.1, -0.05) is 12.1 Å². The maximum absolute atomic E-state index is 11.7. The van der Waals surface area contributed by atoms with Gasteiger partial charge >= 0.3 is 11.8 Å². The Labute approximate surface area is 101 Å². The lowest BCUT2D eigenvalue weighted by Crippen LogP contribution is -2.25. The molecule has 0 amide bonds. The van der Waals surface area contributed by atoms with E-state index in [0.717, 1.165) is 0 Å². The number of carbonyl (C=O) groups excluding carboxylic acids is 1. The first-order chi connectivity index (χ1) is 8.57. The van der Waals surface area contributed by atoms with Crippen LogP contribution in [-0.4, -0.2) is 27.6 Å². The number of benzene rings is 1. The minimum Gasteiger partial charge on any atom is -0.461 e. The van der Waals surface area contributed by atoms with E-state index in [-0.39, 0.29) is 22.1 Å². The van der Waals surface area contributed by atoms with Crippen molar-refractivity contribution < 1.29 is 24.3 Å². The maximum atomic E-state index is 11.7. The van der Waals surface area contributed by atoms with Crippen LogP contribution >= 0.6 is 0 Å². The lowest BCUT2D eigenvalue weighted by Gasteiger charge is -2.06. The van der Waals surface area contributed by atoms with Crippen LogP contribution < -0.4 is 4.43 Å². The number of nitrogens with zero attached hydrogens (tertiary/aromatic N) is 2. The van der Waals surface area contributed by atoms with Crippen molar-refractivity contribution in [1.82, 2.24) is 4.73 Å². The molecule has 2 rings (SSSR count). The molecule has 0 saturated carbocycles. The van der Waals surface area contributed by atoms with E-state index in [0.29, 0.717) is 4.73 Å². The summed E-state index contributed by atoms with van der Waals surface area (Å²) in [5.41, 5.74) is -0.482. The Morgan fingerprint density at radius 2 is 2.11 bits per heavy atom. The van der Waals surface area contributed by atoms with Crippen LogP contribution in [-0.2, 0) is 4.74 Å². The minimum absolute atomic E-state index is 0.0329. The molecule has 7 nitrogen and oxygen atoms in total. The fourth-order valence-electron chi connectivity index (χ4n) is 1.62. The number of fused-ring (bicyclic) bond motifs is 1. The smallest absolute Gasteiger partial charge is 0.456 e. The topological polar surface area (TPSA) is 94.7 Å². The van der Waals surface area contributed by atoms with Crippen LogP contribution in [0.15, 0.2) is 24.3 Å². The van der Waals surface area contributed by atoms with Crippen LogP contribution in [0.4, 0.5) is 0 Å². The normalized spacial score (nSPS) is 10.5. The Hall–Kier alpha value is -2.57. The molecule has 7 heteroatoms. The third kappa shape index (κ3) is 1.65. The van der Waals surface area contributed by atoms with Crippen molar-refractivity contribution in [1.29, 1.82) is 0 Å². The van der Waals surface area contributed by atoms with Crippen molar-refractivity contribution in [2.45, 2.75) is 6.92 Å². The van der Waals surface area contributed by atoms with Gasteiger partial charge in [-0.05, 0) is 13.0 Å². The van der Waals surface area contributed by atoms with Gasteiger partial charge in [-0.15, -0.1) is 0 Å². The van der Waals surface area contributed by atoms with E-state index >= 15 is 0 Å². The predicted octanol–water partition coefficient (Wildman–Crippen LogP) is 0.675. The largest absolute Gasteiger partial charge is 0.461 e. The number of ether oxygens (including phenoxy) is 1. The quantitative estimate of drug-likeness (QED) is 0.465. The molecule has 1 heterocycles. The molecule has 18 heavy (non-hydrogen) atoms. The molecule has 1 aromatic heterocycles. The fourth-order valence-corrected chi connectivity index (χ4v) is 1.62. The van der Waals surface area contributed by atoms with Gasteiger partial charge in [0, 0.05) is 11.0 Å². The van der Waals surface area contributed by atoms with Gasteiger partial charge in [-0.2, -0.15) is 4.73 Å². The van der Waals surface area contributed by atoms with Gasteiger partial charge in [0.15, 0.2) is 5.52 Å². The van der Waals surface area contributed by atoms with Crippen LogP contribution in [0.1, 0.15) is 17.4 Å². The molecule has 0 bridgehead atoms. The van der Waals surface area contributed by atoms with Crippen molar-refractivity contribution in [2.75, 3.05) is 6.61 Å². The minimum atomic E-state index is -0.979. The Morgan fingerprint density at radius 1 is 1.44 bits per heavy atom. The van der Waals surface area contributed by atoms with E-state index in [1.54, 1.807) is 19.1 Å². The maximum Gasteiger partial charge on any atom is 0.456 e. The molecule has 0 aliphatic rings. The first-order valence-corrected chi connectivity index (χ1v) is 5.23. The van der Waals surface area contributed by atoms with Crippen LogP contribution in [0.2, 0.25) is 0 Å². The van der Waals surface area contributed by atoms with Crippen LogP contribution in [0.3, 0.4) is 0 Å². The number of aromatic nitrogens is 2. The summed E-state index contributed by atoms with van der Waals surface area (Å²) in [6.45, 7) is 1.63. The highest BCUT2D eigenvalue weighted by atomic mass is 16.5. The van der Waals surface area contributed by atoms with Gasteiger partial charge in [-0.25, -0.2) is 4.79 Å². The second-order valence-corrected chi connectivity index (χ2v) is 3.49. The first-order valence-electron chi connectivity index (χ1n) is 5.23. The number of esters is 1. The van der Waals surface area contributed by atoms with Gasteiger partial charge in [0.1, 0.15) is 4.43 Å².